The van der Waals surface area contributed by atoms with Crippen molar-refractivity contribution >= 4 is 0 Å². The highest BCUT2D eigenvalue weighted by molar-refractivity contribution is 5.71. The van der Waals surface area contributed by atoms with Crippen LogP contribution in [0.4, 0.5) is 8.78 Å². The zero-order chi connectivity index (χ0) is 12.3. The van der Waals surface area contributed by atoms with Gasteiger partial charge in [-0.2, -0.15) is 8.78 Å². The van der Waals surface area contributed by atoms with Gasteiger partial charge < -0.3 is 9.84 Å². The zero-order valence-electron chi connectivity index (χ0n) is 8.81. The lowest BCUT2D eigenvalue weighted by molar-refractivity contribution is -0.0495. The van der Waals surface area contributed by atoms with E-state index in [2.05, 4.69) is 4.74 Å². The molecule has 17 heavy (non-hydrogen) atoms. The predicted molar refractivity (Wildman–Crippen MR) is 60.2 cm³/mol. The van der Waals surface area contributed by atoms with Crippen molar-refractivity contribution in [2.45, 2.75) is 6.61 Å². The molecule has 0 atom stereocenters. The monoisotopic (exact) mass is 236 g/mol. The molecule has 2 nitrogen and oxygen atoms in total. The minimum absolute atomic E-state index is 0.0359. The van der Waals surface area contributed by atoms with Crippen molar-refractivity contribution in [1.82, 2.24) is 0 Å². The lowest BCUT2D eigenvalue weighted by Crippen LogP contribution is -2.03. The number of aromatic hydroxyl groups is 1. The van der Waals surface area contributed by atoms with E-state index in [4.69, 9.17) is 0 Å². The Hall–Kier alpha value is -2.10. The standard InChI is InChI=1S/C13H10F2O2/c14-13(15)17-12-8-10(16)6-7-11(12)9-4-2-1-3-5-9/h1-8,13,16H. The van der Waals surface area contributed by atoms with Crippen molar-refractivity contribution < 1.29 is 18.6 Å². The third kappa shape index (κ3) is 2.72. The van der Waals surface area contributed by atoms with Crippen LogP contribution in [0.1, 0.15) is 0 Å². The van der Waals surface area contributed by atoms with Crippen LogP contribution in [-0.4, -0.2) is 11.7 Å². The van der Waals surface area contributed by atoms with Gasteiger partial charge in [0.15, 0.2) is 0 Å². The Morgan fingerprint density at radius 3 is 2.35 bits per heavy atom. The second-order valence-electron chi connectivity index (χ2n) is 3.42. The van der Waals surface area contributed by atoms with Crippen LogP contribution < -0.4 is 4.74 Å². The molecule has 88 valence electrons. The maximum atomic E-state index is 12.2. The molecule has 0 aliphatic heterocycles. The van der Waals surface area contributed by atoms with E-state index in [0.29, 0.717) is 5.56 Å². The summed E-state index contributed by atoms with van der Waals surface area (Å²) in [6.45, 7) is -2.92. The molecular formula is C13H10F2O2. The van der Waals surface area contributed by atoms with E-state index in [-0.39, 0.29) is 11.5 Å². The Morgan fingerprint density at radius 1 is 1.00 bits per heavy atom. The third-order valence-electron chi connectivity index (χ3n) is 2.27. The van der Waals surface area contributed by atoms with Gasteiger partial charge >= 0.3 is 6.61 Å². The summed E-state index contributed by atoms with van der Waals surface area (Å²) in [5, 5.41) is 9.27. The Kier molecular flexibility index (Phi) is 3.23. The molecule has 0 amide bonds. The highest BCUT2D eigenvalue weighted by Gasteiger charge is 2.11. The minimum Gasteiger partial charge on any atom is -0.508 e. The minimum atomic E-state index is -2.92. The first-order chi connectivity index (χ1) is 8.16. The predicted octanol–water partition coefficient (Wildman–Crippen LogP) is 3.66. The van der Waals surface area contributed by atoms with E-state index >= 15 is 0 Å². The molecule has 0 aliphatic carbocycles. The van der Waals surface area contributed by atoms with Gasteiger partial charge in [0.05, 0.1) is 0 Å². The molecule has 0 spiro atoms. The second-order valence-corrected chi connectivity index (χ2v) is 3.42. The smallest absolute Gasteiger partial charge is 0.387 e. The number of ether oxygens (including phenoxy) is 1. The van der Waals surface area contributed by atoms with Crippen LogP contribution in [0, 0.1) is 0 Å². The summed E-state index contributed by atoms with van der Waals surface area (Å²) in [4.78, 5) is 0. The van der Waals surface area contributed by atoms with E-state index in [9.17, 15) is 13.9 Å². The zero-order valence-corrected chi connectivity index (χ0v) is 8.81. The van der Waals surface area contributed by atoms with E-state index < -0.39 is 6.61 Å². The average molecular weight is 236 g/mol. The third-order valence-corrected chi connectivity index (χ3v) is 2.27. The van der Waals surface area contributed by atoms with Gasteiger partial charge in [-0.15, -0.1) is 0 Å². The number of rotatable bonds is 3. The van der Waals surface area contributed by atoms with Crippen molar-refractivity contribution in [3.05, 3.63) is 48.5 Å². The summed E-state index contributed by atoms with van der Waals surface area (Å²) < 4.78 is 28.9. The first-order valence-corrected chi connectivity index (χ1v) is 5.00. The summed E-state index contributed by atoms with van der Waals surface area (Å²) in [6, 6.07) is 13.1. The van der Waals surface area contributed by atoms with E-state index in [1.165, 1.54) is 12.1 Å². The fourth-order valence-corrected chi connectivity index (χ4v) is 1.56. The Bertz CT molecular complexity index is 498. The fourth-order valence-electron chi connectivity index (χ4n) is 1.56. The maximum Gasteiger partial charge on any atom is 0.387 e. The Labute approximate surface area is 97.1 Å². The van der Waals surface area contributed by atoms with E-state index in [0.717, 1.165) is 5.56 Å². The van der Waals surface area contributed by atoms with Gasteiger partial charge in [0.2, 0.25) is 0 Å². The van der Waals surface area contributed by atoms with Crippen molar-refractivity contribution in [3.8, 4) is 22.6 Å². The van der Waals surface area contributed by atoms with Crippen molar-refractivity contribution in [2.75, 3.05) is 0 Å². The number of hydrogen-bond acceptors (Lipinski definition) is 2. The summed E-state index contributed by atoms with van der Waals surface area (Å²) in [5.41, 5.74) is 1.27. The quantitative estimate of drug-likeness (QED) is 0.881. The molecule has 1 N–H and O–H groups in total. The molecule has 0 saturated carbocycles. The number of hydrogen-bond donors (Lipinski definition) is 1. The van der Waals surface area contributed by atoms with Gasteiger partial charge in [0.25, 0.3) is 0 Å². The Balaban J connectivity index is 2.46. The molecule has 0 saturated heterocycles. The first kappa shape index (κ1) is 11.4. The number of phenols is 1. The molecule has 0 unspecified atom stereocenters. The van der Waals surface area contributed by atoms with Crippen LogP contribution in [0.2, 0.25) is 0 Å². The number of alkyl halides is 2. The number of phenolic OH excluding ortho intramolecular Hbond substituents is 1. The molecule has 0 bridgehead atoms. The highest BCUT2D eigenvalue weighted by Crippen LogP contribution is 2.33. The van der Waals surface area contributed by atoms with Gasteiger partial charge in [-0.1, -0.05) is 30.3 Å². The molecule has 0 aliphatic rings. The van der Waals surface area contributed by atoms with Crippen molar-refractivity contribution in [1.29, 1.82) is 0 Å². The molecule has 2 rings (SSSR count). The Morgan fingerprint density at radius 2 is 1.71 bits per heavy atom. The highest BCUT2D eigenvalue weighted by atomic mass is 19.3. The van der Waals surface area contributed by atoms with Crippen LogP contribution >= 0.6 is 0 Å². The van der Waals surface area contributed by atoms with E-state index in [1.807, 2.05) is 6.07 Å². The topological polar surface area (TPSA) is 29.5 Å². The molecule has 4 heteroatoms. The van der Waals surface area contributed by atoms with Crippen molar-refractivity contribution in [3.63, 3.8) is 0 Å². The van der Waals surface area contributed by atoms with Crippen LogP contribution in [-0.2, 0) is 0 Å². The van der Waals surface area contributed by atoms with Crippen LogP contribution in [0.25, 0.3) is 11.1 Å². The molecule has 0 radical (unpaired) electrons. The molecule has 0 heterocycles. The van der Waals surface area contributed by atoms with Crippen LogP contribution in [0.5, 0.6) is 11.5 Å². The van der Waals surface area contributed by atoms with Crippen molar-refractivity contribution in [2.24, 2.45) is 0 Å². The van der Waals surface area contributed by atoms with Gasteiger partial charge in [-0.25, -0.2) is 0 Å². The number of benzene rings is 2. The molecule has 2 aromatic carbocycles. The normalized spacial score (nSPS) is 10.5. The second kappa shape index (κ2) is 4.82. The average Bonchev–Trinajstić information content (AvgIpc) is 2.29. The summed E-state index contributed by atoms with van der Waals surface area (Å²) in [5.74, 6) is -0.147. The lowest BCUT2D eigenvalue weighted by Gasteiger charge is -2.11. The largest absolute Gasteiger partial charge is 0.508 e. The lowest BCUT2D eigenvalue weighted by atomic mass is 10.0. The maximum absolute atomic E-state index is 12.2. The number of halogens is 2. The first-order valence-electron chi connectivity index (χ1n) is 5.00. The summed E-state index contributed by atoms with van der Waals surface area (Å²) in [7, 11) is 0. The van der Waals surface area contributed by atoms with Gasteiger partial charge in [-0.3, -0.25) is 0 Å². The molecule has 2 aromatic rings. The molecule has 0 aromatic heterocycles. The molecule has 0 fully saturated rings. The van der Waals surface area contributed by atoms with E-state index in [1.54, 1.807) is 30.3 Å². The fraction of sp³-hybridized carbons (Fsp3) is 0.0769. The van der Waals surface area contributed by atoms with Gasteiger partial charge in [0, 0.05) is 11.6 Å². The van der Waals surface area contributed by atoms with Crippen LogP contribution in [0.15, 0.2) is 48.5 Å². The summed E-state index contributed by atoms with van der Waals surface area (Å²) >= 11 is 0. The van der Waals surface area contributed by atoms with Gasteiger partial charge in [-0.05, 0) is 17.7 Å². The SMILES string of the molecule is Oc1ccc(-c2ccccc2)c(OC(F)F)c1. The van der Waals surface area contributed by atoms with Crippen LogP contribution in [0.3, 0.4) is 0 Å². The molecular weight excluding hydrogens is 226 g/mol. The van der Waals surface area contributed by atoms with Gasteiger partial charge in [0.1, 0.15) is 11.5 Å². The summed E-state index contributed by atoms with van der Waals surface area (Å²) in [6.07, 6.45) is 0.